The standard InChI is InChI=1S/C8H8F3O4P/c9-8(10,11)15-7-3-1-6(2-4-7)5-16(12,13)14/h1-4H,5H2,(H2,12,13,14). The summed E-state index contributed by atoms with van der Waals surface area (Å²) in [5.74, 6) is -0.429. The molecule has 0 radical (unpaired) electrons. The lowest BCUT2D eigenvalue weighted by atomic mass is 10.2. The quantitative estimate of drug-likeness (QED) is 0.814. The van der Waals surface area contributed by atoms with Crippen LogP contribution in [0.1, 0.15) is 5.56 Å². The van der Waals surface area contributed by atoms with Crippen molar-refractivity contribution in [2.24, 2.45) is 0 Å². The maximum absolute atomic E-state index is 11.8. The molecule has 90 valence electrons. The van der Waals surface area contributed by atoms with Crippen LogP contribution in [0.3, 0.4) is 0 Å². The second-order valence-electron chi connectivity index (χ2n) is 3.01. The first kappa shape index (κ1) is 13.0. The van der Waals surface area contributed by atoms with Crippen molar-refractivity contribution in [3.8, 4) is 5.75 Å². The fraction of sp³-hybridized carbons (Fsp3) is 0.250. The molecule has 2 N–H and O–H groups in total. The number of alkyl halides is 3. The third-order valence-corrected chi connectivity index (χ3v) is 2.32. The van der Waals surface area contributed by atoms with Gasteiger partial charge in [0.1, 0.15) is 5.75 Å². The molecule has 16 heavy (non-hydrogen) atoms. The molecule has 0 aliphatic rings. The second kappa shape index (κ2) is 4.45. The summed E-state index contributed by atoms with van der Waals surface area (Å²) in [4.78, 5) is 17.3. The molecule has 1 aromatic rings. The molecule has 0 saturated heterocycles. The Morgan fingerprint density at radius 3 is 2.06 bits per heavy atom. The highest BCUT2D eigenvalue weighted by molar-refractivity contribution is 7.50. The number of benzene rings is 1. The van der Waals surface area contributed by atoms with Crippen LogP contribution in [0.4, 0.5) is 13.2 Å². The summed E-state index contributed by atoms with van der Waals surface area (Å²) in [5, 5.41) is 0. The predicted molar refractivity (Wildman–Crippen MR) is 48.9 cm³/mol. The van der Waals surface area contributed by atoms with Crippen LogP contribution in [0.25, 0.3) is 0 Å². The Kier molecular flexibility index (Phi) is 3.62. The van der Waals surface area contributed by atoms with E-state index in [4.69, 9.17) is 9.79 Å². The molecule has 0 heterocycles. The van der Waals surface area contributed by atoms with Crippen LogP contribution >= 0.6 is 7.60 Å². The molecule has 0 atom stereocenters. The molecule has 1 rings (SSSR count). The summed E-state index contributed by atoms with van der Waals surface area (Å²) in [6, 6.07) is 4.33. The van der Waals surface area contributed by atoms with E-state index in [1.54, 1.807) is 0 Å². The van der Waals surface area contributed by atoms with Gasteiger partial charge in [0, 0.05) is 0 Å². The molecule has 0 aromatic heterocycles. The van der Waals surface area contributed by atoms with Crippen molar-refractivity contribution < 1.29 is 32.3 Å². The second-order valence-corrected chi connectivity index (χ2v) is 4.66. The van der Waals surface area contributed by atoms with Gasteiger partial charge in [-0.25, -0.2) is 0 Å². The van der Waals surface area contributed by atoms with E-state index >= 15 is 0 Å². The minimum Gasteiger partial charge on any atom is -0.406 e. The molecular weight excluding hydrogens is 248 g/mol. The molecule has 0 bridgehead atoms. The van der Waals surface area contributed by atoms with Crippen molar-refractivity contribution in [2.75, 3.05) is 0 Å². The summed E-state index contributed by atoms with van der Waals surface area (Å²) in [6.45, 7) is 0. The molecule has 1 aromatic carbocycles. The van der Waals surface area contributed by atoms with Crippen molar-refractivity contribution >= 4 is 7.60 Å². The molecule has 0 aliphatic carbocycles. The monoisotopic (exact) mass is 256 g/mol. The van der Waals surface area contributed by atoms with Gasteiger partial charge in [-0.05, 0) is 17.7 Å². The first-order chi connectivity index (χ1) is 7.16. The first-order valence-electron chi connectivity index (χ1n) is 4.05. The van der Waals surface area contributed by atoms with Crippen LogP contribution < -0.4 is 4.74 Å². The number of rotatable bonds is 3. The van der Waals surface area contributed by atoms with Gasteiger partial charge in [-0.1, -0.05) is 12.1 Å². The van der Waals surface area contributed by atoms with Gasteiger partial charge in [-0.2, -0.15) is 0 Å². The third kappa shape index (κ3) is 5.16. The number of halogens is 3. The van der Waals surface area contributed by atoms with Crippen LogP contribution in [0, 0.1) is 0 Å². The van der Waals surface area contributed by atoms with Gasteiger partial charge < -0.3 is 14.5 Å². The molecule has 8 heteroatoms. The average molecular weight is 256 g/mol. The van der Waals surface area contributed by atoms with Gasteiger partial charge in [0.2, 0.25) is 0 Å². The minimum absolute atomic E-state index is 0.239. The molecule has 0 spiro atoms. The number of hydrogen-bond donors (Lipinski definition) is 2. The van der Waals surface area contributed by atoms with Crippen LogP contribution in [0.15, 0.2) is 24.3 Å². The summed E-state index contributed by atoms with van der Waals surface area (Å²) in [7, 11) is -4.21. The highest BCUT2D eigenvalue weighted by Crippen LogP contribution is 2.39. The molecule has 4 nitrogen and oxygen atoms in total. The van der Waals surface area contributed by atoms with E-state index in [2.05, 4.69) is 4.74 Å². The number of hydrogen-bond acceptors (Lipinski definition) is 2. The third-order valence-electron chi connectivity index (χ3n) is 1.55. The van der Waals surface area contributed by atoms with Crippen LogP contribution in [-0.2, 0) is 10.7 Å². The summed E-state index contributed by atoms with van der Waals surface area (Å²) in [6.07, 6.45) is -5.29. The molecular formula is C8H8F3O4P. The highest BCUT2D eigenvalue weighted by Gasteiger charge is 2.31. The van der Waals surface area contributed by atoms with Gasteiger partial charge in [0.05, 0.1) is 6.16 Å². The largest absolute Gasteiger partial charge is 0.573 e. The maximum Gasteiger partial charge on any atom is 0.573 e. The normalized spacial score (nSPS) is 12.6. The Morgan fingerprint density at radius 2 is 1.69 bits per heavy atom. The van der Waals surface area contributed by atoms with Crippen molar-refractivity contribution in [2.45, 2.75) is 12.5 Å². The summed E-state index contributed by atoms with van der Waals surface area (Å²) < 4.78 is 49.5. The van der Waals surface area contributed by atoms with Gasteiger partial charge in [0.25, 0.3) is 0 Å². The van der Waals surface area contributed by atoms with E-state index in [0.29, 0.717) is 0 Å². The van der Waals surface area contributed by atoms with Crippen molar-refractivity contribution in [3.05, 3.63) is 29.8 Å². The van der Waals surface area contributed by atoms with E-state index in [0.717, 1.165) is 12.1 Å². The Hall–Kier alpha value is -1.04. The Balaban J connectivity index is 2.72. The van der Waals surface area contributed by atoms with Crippen LogP contribution in [0.5, 0.6) is 5.75 Å². The van der Waals surface area contributed by atoms with Gasteiger partial charge in [0.15, 0.2) is 0 Å². The van der Waals surface area contributed by atoms with Gasteiger partial charge in [-0.15, -0.1) is 13.2 Å². The van der Waals surface area contributed by atoms with E-state index in [-0.39, 0.29) is 5.56 Å². The van der Waals surface area contributed by atoms with Gasteiger partial charge >= 0.3 is 14.0 Å². The zero-order chi connectivity index (χ0) is 12.4. The maximum atomic E-state index is 11.8. The van der Waals surface area contributed by atoms with E-state index in [1.807, 2.05) is 0 Å². The van der Waals surface area contributed by atoms with Crippen molar-refractivity contribution in [1.82, 2.24) is 0 Å². The molecule has 0 unspecified atom stereocenters. The molecule has 0 amide bonds. The predicted octanol–water partition coefficient (Wildman–Crippen LogP) is 2.26. The number of ether oxygens (including phenoxy) is 1. The lowest BCUT2D eigenvalue weighted by Gasteiger charge is -2.09. The highest BCUT2D eigenvalue weighted by atomic mass is 31.2. The molecule has 0 aliphatic heterocycles. The van der Waals surface area contributed by atoms with Crippen LogP contribution in [0.2, 0.25) is 0 Å². The molecule has 0 fully saturated rings. The van der Waals surface area contributed by atoms with Crippen LogP contribution in [-0.4, -0.2) is 16.1 Å². The average Bonchev–Trinajstić information content (AvgIpc) is 2.03. The SMILES string of the molecule is O=P(O)(O)Cc1ccc(OC(F)(F)F)cc1. The summed E-state index contributed by atoms with van der Waals surface area (Å²) >= 11 is 0. The molecule has 0 saturated carbocycles. The fourth-order valence-electron chi connectivity index (χ4n) is 1.03. The topological polar surface area (TPSA) is 66.8 Å². The smallest absolute Gasteiger partial charge is 0.406 e. The Bertz CT molecular complexity index is 395. The van der Waals surface area contributed by atoms with Crippen molar-refractivity contribution in [3.63, 3.8) is 0 Å². The lowest BCUT2D eigenvalue weighted by molar-refractivity contribution is -0.274. The van der Waals surface area contributed by atoms with E-state index < -0.39 is 25.9 Å². The minimum atomic E-state index is -4.77. The fourth-order valence-corrected chi connectivity index (χ4v) is 1.72. The van der Waals surface area contributed by atoms with E-state index in [9.17, 15) is 17.7 Å². The Labute approximate surface area is 88.8 Å². The zero-order valence-corrected chi connectivity index (χ0v) is 8.70. The van der Waals surface area contributed by atoms with E-state index in [1.165, 1.54) is 12.1 Å². The van der Waals surface area contributed by atoms with Gasteiger partial charge in [-0.3, -0.25) is 4.57 Å². The Morgan fingerprint density at radius 1 is 1.19 bits per heavy atom. The van der Waals surface area contributed by atoms with Crippen molar-refractivity contribution in [1.29, 1.82) is 0 Å². The summed E-state index contributed by atoms with van der Waals surface area (Å²) in [5.41, 5.74) is 0.239. The lowest BCUT2D eigenvalue weighted by Crippen LogP contribution is -2.17. The zero-order valence-electron chi connectivity index (χ0n) is 7.81. The first-order valence-corrected chi connectivity index (χ1v) is 5.85.